The second kappa shape index (κ2) is 8.74. The summed E-state index contributed by atoms with van der Waals surface area (Å²) in [5, 5.41) is 3.37. The molecular weight excluding hydrogens is 275 g/mol. The van der Waals surface area contributed by atoms with E-state index in [1.54, 1.807) is 13.8 Å². The van der Waals surface area contributed by atoms with Gasteiger partial charge in [-0.2, -0.15) is 0 Å². The molecule has 1 atom stereocenters. The molecular formula is C12H19N2NaO5. The van der Waals surface area contributed by atoms with Crippen LogP contribution < -0.4 is 29.6 Å². The molecule has 7 nitrogen and oxygen atoms in total. The monoisotopic (exact) mass is 294 g/mol. The fraction of sp³-hybridized carbons (Fsp3) is 0.750. The summed E-state index contributed by atoms with van der Waals surface area (Å²) in [6, 6.07) is -0.824. The van der Waals surface area contributed by atoms with Gasteiger partial charge >= 0.3 is 29.6 Å². The van der Waals surface area contributed by atoms with E-state index < -0.39 is 23.4 Å². The predicted octanol–water partition coefficient (Wildman–Crippen LogP) is -1.93. The van der Waals surface area contributed by atoms with Crippen LogP contribution in [0.2, 0.25) is 0 Å². The first kappa shape index (κ1) is 19.5. The van der Waals surface area contributed by atoms with Gasteiger partial charge in [-0.05, 0) is 19.9 Å². The van der Waals surface area contributed by atoms with Gasteiger partial charge in [-0.3, -0.25) is 14.4 Å². The molecule has 1 aliphatic rings. The van der Waals surface area contributed by atoms with Crippen molar-refractivity contribution >= 4 is 17.8 Å². The minimum Gasteiger partial charge on any atom is -0.379 e. The normalized spacial score (nSPS) is 22.6. The van der Waals surface area contributed by atoms with E-state index in [-0.39, 0.29) is 55.7 Å². The van der Waals surface area contributed by atoms with Crippen LogP contribution in [0.1, 0.15) is 27.2 Å². The van der Waals surface area contributed by atoms with E-state index in [2.05, 4.69) is 5.32 Å². The number of amides is 4. The van der Waals surface area contributed by atoms with E-state index in [9.17, 15) is 14.4 Å². The molecule has 0 aromatic carbocycles. The molecule has 108 valence electrons. The molecule has 0 saturated carbocycles. The van der Waals surface area contributed by atoms with Gasteiger partial charge in [0, 0.05) is 6.61 Å². The van der Waals surface area contributed by atoms with Gasteiger partial charge in [-0.25, -0.2) is 0 Å². The van der Waals surface area contributed by atoms with Gasteiger partial charge in [-0.15, -0.1) is 0 Å². The van der Waals surface area contributed by atoms with Crippen molar-refractivity contribution in [3.8, 4) is 0 Å². The number of carbonyl (C=O) groups is 3. The summed E-state index contributed by atoms with van der Waals surface area (Å²) >= 11 is 0. The first-order valence-electron chi connectivity index (χ1n) is 6.37. The van der Waals surface area contributed by atoms with E-state index in [0.29, 0.717) is 6.61 Å². The summed E-state index contributed by atoms with van der Waals surface area (Å²) in [6.07, 6.45) is 0.129. The molecule has 20 heavy (non-hydrogen) atoms. The predicted molar refractivity (Wildman–Crippen MR) is 66.6 cm³/mol. The SMILES string of the molecule is CCOCCOC1(CC)C(=O)[N-]C(=O)N(CC)C1=O.[Na+]. The molecule has 1 rings (SSSR count). The number of likely N-dealkylation sites (N-methyl/N-ethyl adjacent to an activating group) is 1. The van der Waals surface area contributed by atoms with Gasteiger partial charge in [0.15, 0.2) is 23.4 Å². The molecule has 1 aliphatic heterocycles. The maximum atomic E-state index is 12.3. The Bertz CT molecular complexity index is 377. The van der Waals surface area contributed by atoms with Gasteiger partial charge in [0.05, 0.1) is 13.2 Å². The summed E-state index contributed by atoms with van der Waals surface area (Å²) in [6.45, 7) is 6.18. The maximum Gasteiger partial charge on any atom is 1.00 e. The Balaban J connectivity index is 0.00000361. The minimum atomic E-state index is -1.68. The molecule has 1 unspecified atom stereocenters. The van der Waals surface area contributed by atoms with Crippen molar-refractivity contribution in [2.24, 2.45) is 0 Å². The van der Waals surface area contributed by atoms with Crippen LogP contribution in [0.25, 0.3) is 5.32 Å². The summed E-state index contributed by atoms with van der Waals surface area (Å²) < 4.78 is 10.5. The number of ether oxygens (including phenoxy) is 2. The van der Waals surface area contributed by atoms with Crippen LogP contribution in [-0.2, 0) is 19.1 Å². The van der Waals surface area contributed by atoms with E-state index in [1.807, 2.05) is 6.92 Å². The smallest absolute Gasteiger partial charge is 0.379 e. The zero-order chi connectivity index (χ0) is 14.5. The molecule has 0 radical (unpaired) electrons. The number of hydrogen-bond donors (Lipinski definition) is 0. The molecule has 0 aromatic heterocycles. The Labute approximate surface area is 140 Å². The van der Waals surface area contributed by atoms with Crippen molar-refractivity contribution in [2.75, 3.05) is 26.4 Å². The average Bonchev–Trinajstić information content (AvgIpc) is 2.38. The Morgan fingerprint density at radius 2 is 1.80 bits per heavy atom. The second-order valence-corrected chi connectivity index (χ2v) is 3.97. The molecule has 8 heteroatoms. The third-order valence-electron chi connectivity index (χ3n) is 2.96. The van der Waals surface area contributed by atoms with Crippen molar-refractivity contribution < 1.29 is 53.4 Å². The quantitative estimate of drug-likeness (QED) is 0.310. The van der Waals surface area contributed by atoms with Crippen molar-refractivity contribution in [1.29, 1.82) is 0 Å². The van der Waals surface area contributed by atoms with Crippen LogP contribution in [-0.4, -0.2) is 54.7 Å². The van der Waals surface area contributed by atoms with Crippen LogP contribution in [0, 0.1) is 0 Å². The Morgan fingerprint density at radius 1 is 1.15 bits per heavy atom. The molecule has 1 fully saturated rings. The number of rotatable bonds is 7. The molecule has 0 aromatic rings. The Kier molecular flexibility index (Phi) is 8.53. The third-order valence-corrected chi connectivity index (χ3v) is 2.96. The average molecular weight is 294 g/mol. The fourth-order valence-corrected chi connectivity index (χ4v) is 1.86. The fourth-order valence-electron chi connectivity index (χ4n) is 1.86. The zero-order valence-electron chi connectivity index (χ0n) is 12.5. The van der Waals surface area contributed by atoms with Crippen LogP contribution in [0.4, 0.5) is 4.79 Å². The number of carbonyl (C=O) groups excluding carboxylic acids is 3. The number of urea groups is 1. The minimum absolute atomic E-state index is 0. The van der Waals surface area contributed by atoms with Crippen molar-refractivity contribution in [3.05, 3.63) is 5.32 Å². The van der Waals surface area contributed by atoms with Gasteiger partial charge in [0.25, 0.3) is 0 Å². The van der Waals surface area contributed by atoms with Crippen molar-refractivity contribution in [3.63, 3.8) is 0 Å². The Hall–Kier alpha value is -0.470. The van der Waals surface area contributed by atoms with E-state index >= 15 is 0 Å². The molecule has 4 amide bonds. The third kappa shape index (κ3) is 3.79. The van der Waals surface area contributed by atoms with Crippen molar-refractivity contribution in [2.45, 2.75) is 32.8 Å². The van der Waals surface area contributed by atoms with Crippen LogP contribution in [0.3, 0.4) is 0 Å². The van der Waals surface area contributed by atoms with E-state index in [0.717, 1.165) is 4.90 Å². The topological polar surface area (TPSA) is 87.0 Å². The summed E-state index contributed by atoms with van der Waals surface area (Å²) in [4.78, 5) is 36.5. The molecule has 0 N–H and O–H groups in total. The maximum absolute atomic E-state index is 12.3. The Morgan fingerprint density at radius 3 is 2.30 bits per heavy atom. The second-order valence-electron chi connectivity index (χ2n) is 3.97. The van der Waals surface area contributed by atoms with E-state index in [1.165, 1.54) is 0 Å². The summed E-state index contributed by atoms with van der Waals surface area (Å²) in [5.41, 5.74) is -1.68. The van der Waals surface area contributed by atoms with Crippen molar-refractivity contribution in [1.82, 2.24) is 4.90 Å². The summed E-state index contributed by atoms with van der Waals surface area (Å²) in [7, 11) is 0. The van der Waals surface area contributed by atoms with Gasteiger partial charge < -0.3 is 19.7 Å². The molecule has 0 bridgehead atoms. The molecule has 0 aliphatic carbocycles. The first-order chi connectivity index (χ1) is 9.03. The number of barbiturate groups is 1. The van der Waals surface area contributed by atoms with Crippen LogP contribution in [0.5, 0.6) is 0 Å². The van der Waals surface area contributed by atoms with Crippen LogP contribution in [0.15, 0.2) is 0 Å². The molecule has 1 saturated heterocycles. The van der Waals surface area contributed by atoms with Crippen LogP contribution >= 0.6 is 0 Å². The first-order valence-corrected chi connectivity index (χ1v) is 6.37. The molecule has 1 heterocycles. The van der Waals surface area contributed by atoms with E-state index in [4.69, 9.17) is 9.47 Å². The standard InChI is InChI=1S/C12H20N2O5.Na/c1-4-12(19-8-7-18-6-3)9(15)13-11(17)14(5-2)10(12)16;/h4-8H2,1-3H3,(H,13,15,17);/q;+1/p-1. The van der Waals surface area contributed by atoms with Gasteiger partial charge in [-0.1, -0.05) is 13.8 Å². The molecule has 0 spiro atoms. The number of imide groups is 2. The number of hydrogen-bond acceptors (Lipinski definition) is 5. The van der Waals surface area contributed by atoms with Gasteiger partial charge in [0.2, 0.25) is 0 Å². The summed E-state index contributed by atoms with van der Waals surface area (Å²) in [5.74, 6) is -1.47. The number of nitrogens with zero attached hydrogens (tertiary/aromatic N) is 2. The van der Waals surface area contributed by atoms with Gasteiger partial charge in [0.1, 0.15) is 0 Å². The largest absolute Gasteiger partial charge is 1.00 e. The zero-order valence-corrected chi connectivity index (χ0v) is 14.5.